The normalized spacial score (nSPS) is 17.4. The summed E-state index contributed by atoms with van der Waals surface area (Å²) < 4.78 is 11.1. The fourth-order valence-corrected chi connectivity index (χ4v) is 5.57. The number of para-hydroxylation sites is 1. The minimum Gasteiger partial charge on any atom is -0.493 e. The molecule has 146 valence electrons. The summed E-state index contributed by atoms with van der Waals surface area (Å²) in [6.07, 6.45) is 2.11. The molecule has 3 aromatic carbocycles. The lowest BCUT2D eigenvalue weighted by Gasteiger charge is -2.27. The third-order valence-electron chi connectivity index (χ3n) is 5.69. The molecule has 2 aliphatic rings. The third kappa shape index (κ3) is 3.18. The summed E-state index contributed by atoms with van der Waals surface area (Å²) >= 11 is 1.91. The van der Waals surface area contributed by atoms with Crippen molar-refractivity contribution in [2.24, 2.45) is 0 Å². The standard InChI is InChI=1S/C25H23NO2S/c1-27-21-14-12-17(15-22(21)28-2)25-19-13-11-16-7-3-4-8-18(16)24(19)26-20-9-5-6-10-23(20)29-25/h3-10,12,14-15,25-26H,11,13H2,1-2H3/t25-/m0/s1. The maximum atomic E-state index is 5.59. The maximum absolute atomic E-state index is 5.59. The highest BCUT2D eigenvalue weighted by atomic mass is 32.2. The molecule has 1 heterocycles. The zero-order valence-electron chi connectivity index (χ0n) is 16.6. The Morgan fingerprint density at radius 3 is 2.52 bits per heavy atom. The number of thioether (sulfide) groups is 1. The second kappa shape index (κ2) is 7.53. The van der Waals surface area contributed by atoms with Gasteiger partial charge < -0.3 is 14.8 Å². The molecule has 0 aromatic heterocycles. The van der Waals surface area contributed by atoms with Crippen molar-refractivity contribution in [2.75, 3.05) is 19.5 Å². The van der Waals surface area contributed by atoms with Crippen molar-refractivity contribution < 1.29 is 9.47 Å². The van der Waals surface area contributed by atoms with Crippen molar-refractivity contribution in [1.29, 1.82) is 0 Å². The number of aryl methyl sites for hydroxylation is 1. The Hall–Kier alpha value is -2.85. The Morgan fingerprint density at radius 1 is 0.862 bits per heavy atom. The van der Waals surface area contributed by atoms with Crippen LogP contribution in [0.3, 0.4) is 0 Å². The molecule has 4 heteroatoms. The van der Waals surface area contributed by atoms with Gasteiger partial charge in [0.15, 0.2) is 11.5 Å². The first-order valence-electron chi connectivity index (χ1n) is 9.84. The van der Waals surface area contributed by atoms with Gasteiger partial charge in [0, 0.05) is 16.2 Å². The van der Waals surface area contributed by atoms with Gasteiger partial charge >= 0.3 is 0 Å². The molecule has 29 heavy (non-hydrogen) atoms. The average Bonchev–Trinajstić information content (AvgIpc) is 2.95. The average molecular weight is 402 g/mol. The van der Waals surface area contributed by atoms with E-state index in [1.54, 1.807) is 14.2 Å². The van der Waals surface area contributed by atoms with Crippen molar-refractivity contribution >= 4 is 23.1 Å². The summed E-state index contributed by atoms with van der Waals surface area (Å²) in [5.41, 5.74) is 7.83. The van der Waals surface area contributed by atoms with Crippen LogP contribution in [0.4, 0.5) is 5.69 Å². The molecule has 1 aliphatic heterocycles. The van der Waals surface area contributed by atoms with Crippen LogP contribution in [0.15, 0.2) is 77.2 Å². The fourth-order valence-electron chi connectivity index (χ4n) is 4.25. The van der Waals surface area contributed by atoms with Gasteiger partial charge in [0.05, 0.1) is 25.2 Å². The van der Waals surface area contributed by atoms with E-state index >= 15 is 0 Å². The number of anilines is 1. The minimum atomic E-state index is 0.217. The first-order valence-corrected chi connectivity index (χ1v) is 10.7. The summed E-state index contributed by atoms with van der Waals surface area (Å²) in [5, 5.41) is 3.99. The molecule has 3 aromatic rings. The van der Waals surface area contributed by atoms with Crippen molar-refractivity contribution in [3.8, 4) is 11.5 Å². The van der Waals surface area contributed by atoms with E-state index in [1.165, 1.54) is 38.5 Å². The van der Waals surface area contributed by atoms with Crippen LogP contribution in [0.25, 0.3) is 5.70 Å². The summed E-state index contributed by atoms with van der Waals surface area (Å²) in [6, 6.07) is 23.6. The predicted octanol–water partition coefficient (Wildman–Crippen LogP) is 6.32. The molecule has 1 atom stereocenters. The molecule has 5 rings (SSSR count). The van der Waals surface area contributed by atoms with Crippen LogP contribution in [0.2, 0.25) is 0 Å². The first kappa shape index (κ1) is 18.2. The van der Waals surface area contributed by atoms with Gasteiger partial charge in [-0.1, -0.05) is 42.5 Å². The molecule has 0 saturated heterocycles. The lowest BCUT2D eigenvalue weighted by molar-refractivity contribution is 0.354. The summed E-state index contributed by atoms with van der Waals surface area (Å²) in [7, 11) is 3.37. The zero-order valence-corrected chi connectivity index (χ0v) is 17.4. The van der Waals surface area contributed by atoms with E-state index in [9.17, 15) is 0 Å². The van der Waals surface area contributed by atoms with E-state index in [0.717, 1.165) is 24.3 Å². The highest BCUT2D eigenvalue weighted by molar-refractivity contribution is 8.00. The van der Waals surface area contributed by atoms with E-state index in [1.807, 2.05) is 17.8 Å². The highest BCUT2D eigenvalue weighted by Crippen LogP contribution is 2.52. The lowest BCUT2D eigenvalue weighted by atomic mass is 9.86. The molecule has 0 fully saturated rings. The van der Waals surface area contributed by atoms with E-state index in [4.69, 9.17) is 9.47 Å². The number of ether oxygens (including phenoxy) is 2. The topological polar surface area (TPSA) is 30.5 Å². The Kier molecular flexibility index (Phi) is 4.72. The quantitative estimate of drug-likeness (QED) is 0.556. The zero-order chi connectivity index (χ0) is 19.8. The maximum Gasteiger partial charge on any atom is 0.161 e. The van der Waals surface area contributed by atoms with Crippen LogP contribution in [0.5, 0.6) is 11.5 Å². The van der Waals surface area contributed by atoms with Crippen LogP contribution >= 0.6 is 11.8 Å². The van der Waals surface area contributed by atoms with Crippen molar-refractivity contribution in [3.05, 3.63) is 89.0 Å². The molecule has 1 aliphatic carbocycles. The van der Waals surface area contributed by atoms with Crippen molar-refractivity contribution in [2.45, 2.75) is 23.0 Å². The molecule has 0 radical (unpaired) electrons. The molecule has 1 N–H and O–H groups in total. The second-order valence-corrected chi connectivity index (χ2v) is 8.44. The summed E-state index contributed by atoms with van der Waals surface area (Å²) in [6.45, 7) is 0. The van der Waals surface area contributed by atoms with Gasteiger partial charge in [0.25, 0.3) is 0 Å². The molecular formula is C25H23NO2S. The summed E-state index contributed by atoms with van der Waals surface area (Å²) in [4.78, 5) is 1.26. The Bertz CT molecular complexity index is 1110. The van der Waals surface area contributed by atoms with Gasteiger partial charge in [-0.25, -0.2) is 0 Å². The largest absolute Gasteiger partial charge is 0.493 e. The predicted molar refractivity (Wildman–Crippen MR) is 120 cm³/mol. The number of nitrogens with one attached hydrogen (secondary N) is 1. The Labute approximate surface area is 175 Å². The number of rotatable bonds is 3. The second-order valence-electron chi connectivity index (χ2n) is 7.29. The van der Waals surface area contributed by atoms with Gasteiger partial charge in [-0.2, -0.15) is 0 Å². The third-order valence-corrected chi connectivity index (χ3v) is 7.09. The minimum absolute atomic E-state index is 0.217. The van der Waals surface area contributed by atoms with E-state index in [0.29, 0.717) is 0 Å². The van der Waals surface area contributed by atoms with Crippen LogP contribution in [-0.4, -0.2) is 14.2 Å². The Morgan fingerprint density at radius 2 is 1.66 bits per heavy atom. The van der Waals surface area contributed by atoms with Gasteiger partial charge in [0.1, 0.15) is 0 Å². The molecule has 0 saturated carbocycles. The lowest BCUT2D eigenvalue weighted by Crippen LogP contribution is -2.13. The molecule has 0 unspecified atom stereocenters. The van der Waals surface area contributed by atoms with Gasteiger partial charge in [-0.15, -0.1) is 11.8 Å². The van der Waals surface area contributed by atoms with E-state index < -0.39 is 0 Å². The van der Waals surface area contributed by atoms with Crippen LogP contribution < -0.4 is 14.8 Å². The monoisotopic (exact) mass is 401 g/mol. The molecule has 0 amide bonds. The van der Waals surface area contributed by atoms with Crippen molar-refractivity contribution in [3.63, 3.8) is 0 Å². The molecule has 0 bridgehead atoms. The number of hydrogen-bond acceptors (Lipinski definition) is 4. The Balaban J connectivity index is 1.70. The number of methoxy groups -OCH3 is 2. The highest BCUT2D eigenvalue weighted by Gasteiger charge is 2.30. The smallest absolute Gasteiger partial charge is 0.161 e. The SMILES string of the molecule is COc1ccc([C@@H]2Sc3ccccc3NC3=C2CCc2ccccc23)cc1OC. The van der Waals surface area contributed by atoms with E-state index in [2.05, 4.69) is 66.0 Å². The van der Waals surface area contributed by atoms with Crippen molar-refractivity contribution in [1.82, 2.24) is 0 Å². The van der Waals surface area contributed by atoms with E-state index in [-0.39, 0.29) is 5.25 Å². The van der Waals surface area contributed by atoms with Gasteiger partial charge in [-0.3, -0.25) is 0 Å². The number of hydrogen-bond donors (Lipinski definition) is 1. The molecular weight excluding hydrogens is 378 g/mol. The van der Waals surface area contributed by atoms with Crippen LogP contribution in [-0.2, 0) is 6.42 Å². The van der Waals surface area contributed by atoms with Gasteiger partial charge in [0.2, 0.25) is 0 Å². The first-order chi connectivity index (χ1) is 14.3. The summed E-state index contributed by atoms with van der Waals surface area (Å²) in [5.74, 6) is 1.53. The number of benzene rings is 3. The number of fused-ring (bicyclic) bond motifs is 3. The van der Waals surface area contributed by atoms with Crippen LogP contribution in [0.1, 0.15) is 28.4 Å². The fraction of sp³-hybridized carbons (Fsp3) is 0.200. The van der Waals surface area contributed by atoms with Crippen LogP contribution in [0, 0.1) is 0 Å². The molecule has 3 nitrogen and oxygen atoms in total. The van der Waals surface area contributed by atoms with Gasteiger partial charge in [-0.05, 0) is 53.8 Å². The molecule has 0 spiro atoms.